The van der Waals surface area contributed by atoms with Crippen molar-refractivity contribution in [3.8, 4) is 0 Å². The monoisotopic (exact) mass is 464 g/mol. The molecule has 182 valence electrons. The summed E-state index contributed by atoms with van der Waals surface area (Å²) in [6.45, 7) is 9.88. The van der Waals surface area contributed by atoms with Gasteiger partial charge in [-0.15, -0.1) is 0 Å². The average molecular weight is 465 g/mol. The molecule has 2 heterocycles. The summed E-state index contributed by atoms with van der Waals surface area (Å²) in [6, 6.07) is 19.0. The van der Waals surface area contributed by atoms with Gasteiger partial charge in [0, 0.05) is 31.1 Å². The highest BCUT2D eigenvalue weighted by Gasteiger charge is 2.36. The Kier molecular flexibility index (Phi) is 7.12. The third-order valence-electron chi connectivity index (χ3n) is 6.42. The summed E-state index contributed by atoms with van der Waals surface area (Å²) in [5.41, 5.74) is 3.41. The van der Waals surface area contributed by atoms with Crippen molar-refractivity contribution in [2.75, 3.05) is 26.8 Å². The molecule has 2 atom stereocenters. The lowest BCUT2D eigenvalue weighted by atomic mass is 9.74. The largest absolute Gasteiger partial charge is 0.443 e. The standard InChI is InChI=1S/C28H36N2O4/c1-6-33-25(32-5)24-17-21-16-22(12-13-23(21)30(24)26(31)34-27(2,3)4)28(14-15-29-19-28)18-20-10-8-7-9-11-20/h7-13,16-17,25,29H,6,14-15,18-19H2,1-5H3. The van der Waals surface area contributed by atoms with Gasteiger partial charge < -0.3 is 19.5 Å². The van der Waals surface area contributed by atoms with Gasteiger partial charge in [0.2, 0.25) is 0 Å². The van der Waals surface area contributed by atoms with Crippen molar-refractivity contribution in [2.24, 2.45) is 0 Å². The van der Waals surface area contributed by atoms with Gasteiger partial charge in [-0.05, 0) is 76.4 Å². The number of hydrogen-bond acceptors (Lipinski definition) is 5. The van der Waals surface area contributed by atoms with E-state index in [-0.39, 0.29) is 5.41 Å². The number of ether oxygens (including phenoxy) is 3. The molecule has 6 heteroatoms. The molecular weight excluding hydrogens is 428 g/mol. The quantitative estimate of drug-likeness (QED) is 0.463. The van der Waals surface area contributed by atoms with Crippen LogP contribution >= 0.6 is 0 Å². The molecule has 1 aliphatic heterocycles. The van der Waals surface area contributed by atoms with E-state index in [1.54, 1.807) is 11.7 Å². The smallest absolute Gasteiger partial charge is 0.419 e. The summed E-state index contributed by atoms with van der Waals surface area (Å²) in [5, 5.41) is 4.54. The maximum Gasteiger partial charge on any atom is 0.419 e. The molecule has 1 fully saturated rings. The van der Waals surface area contributed by atoms with Gasteiger partial charge in [0.15, 0.2) is 6.29 Å². The highest BCUT2D eigenvalue weighted by atomic mass is 16.7. The zero-order valence-electron chi connectivity index (χ0n) is 20.9. The van der Waals surface area contributed by atoms with E-state index < -0.39 is 18.0 Å². The van der Waals surface area contributed by atoms with Gasteiger partial charge in [-0.25, -0.2) is 9.36 Å². The van der Waals surface area contributed by atoms with E-state index in [9.17, 15) is 4.79 Å². The normalized spacial score (nSPS) is 19.4. The van der Waals surface area contributed by atoms with E-state index in [1.807, 2.05) is 39.8 Å². The van der Waals surface area contributed by atoms with E-state index in [0.717, 1.165) is 36.8 Å². The van der Waals surface area contributed by atoms with Crippen molar-refractivity contribution in [1.82, 2.24) is 9.88 Å². The Morgan fingerprint density at radius 1 is 1.15 bits per heavy atom. The van der Waals surface area contributed by atoms with E-state index in [0.29, 0.717) is 12.3 Å². The molecule has 1 saturated heterocycles. The van der Waals surface area contributed by atoms with Crippen LogP contribution in [0.3, 0.4) is 0 Å². The minimum absolute atomic E-state index is 0.00427. The van der Waals surface area contributed by atoms with Crippen LogP contribution < -0.4 is 5.32 Å². The van der Waals surface area contributed by atoms with Crippen molar-refractivity contribution < 1.29 is 19.0 Å². The molecule has 1 N–H and O–H groups in total. The van der Waals surface area contributed by atoms with Crippen molar-refractivity contribution in [2.45, 2.75) is 57.8 Å². The van der Waals surface area contributed by atoms with E-state index in [1.165, 1.54) is 11.1 Å². The lowest BCUT2D eigenvalue weighted by Crippen LogP contribution is -2.31. The Labute approximate surface area is 202 Å². The van der Waals surface area contributed by atoms with Crippen LogP contribution in [-0.4, -0.2) is 43.1 Å². The molecule has 34 heavy (non-hydrogen) atoms. The number of rotatable bonds is 7. The number of nitrogens with zero attached hydrogens (tertiary/aromatic N) is 1. The molecule has 3 aromatic rings. The van der Waals surface area contributed by atoms with Gasteiger partial charge in [0.25, 0.3) is 0 Å². The van der Waals surface area contributed by atoms with Gasteiger partial charge in [-0.3, -0.25) is 0 Å². The molecule has 0 saturated carbocycles. The predicted molar refractivity (Wildman–Crippen MR) is 134 cm³/mol. The van der Waals surface area contributed by atoms with Crippen LogP contribution in [0.4, 0.5) is 4.79 Å². The van der Waals surface area contributed by atoms with Crippen LogP contribution in [0, 0.1) is 0 Å². The minimum Gasteiger partial charge on any atom is -0.443 e. The highest BCUT2D eigenvalue weighted by Crippen LogP contribution is 2.37. The van der Waals surface area contributed by atoms with Crippen LogP contribution in [0.2, 0.25) is 0 Å². The van der Waals surface area contributed by atoms with Crippen molar-refractivity contribution in [3.63, 3.8) is 0 Å². The molecule has 0 spiro atoms. The third-order valence-corrected chi connectivity index (χ3v) is 6.42. The number of carbonyl (C=O) groups is 1. The van der Waals surface area contributed by atoms with Gasteiger partial charge in [0.05, 0.1) is 11.2 Å². The second kappa shape index (κ2) is 9.90. The summed E-state index contributed by atoms with van der Waals surface area (Å²) in [7, 11) is 1.59. The number of hydrogen-bond donors (Lipinski definition) is 1. The van der Waals surface area contributed by atoms with Gasteiger partial charge in [-0.2, -0.15) is 0 Å². The minimum atomic E-state index is -0.667. The first-order valence-electron chi connectivity index (χ1n) is 12.0. The van der Waals surface area contributed by atoms with Crippen molar-refractivity contribution in [3.05, 3.63) is 71.4 Å². The Morgan fingerprint density at radius 3 is 2.53 bits per heavy atom. The first-order chi connectivity index (χ1) is 16.3. The molecular formula is C28H36N2O4. The molecule has 1 aromatic heterocycles. The molecule has 6 nitrogen and oxygen atoms in total. The van der Waals surface area contributed by atoms with E-state index in [2.05, 4.69) is 47.8 Å². The fraction of sp³-hybridized carbons (Fsp3) is 0.464. The number of fused-ring (bicyclic) bond motifs is 1. The Balaban J connectivity index is 1.80. The molecule has 4 rings (SSSR count). The second-order valence-corrected chi connectivity index (χ2v) is 10.1. The summed E-state index contributed by atoms with van der Waals surface area (Å²) >= 11 is 0. The molecule has 0 radical (unpaired) electrons. The number of methoxy groups -OCH3 is 1. The van der Waals surface area contributed by atoms with Crippen LogP contribution in [0.15, 0.2) is 54.6 Å². The van der Waals surface area contributed by atoms with Crippen LogP contribution in [0.1, 0.15) is 57.2 Å². The van der Waals surface area contributed by atoms with Crippen molar-refractivity contribution in [1.29, 1.82) is 0 Å². The maximum absolute atomic E-state index is 13.2. The molecule has 0 amide bonds. The fourth-order valence-corrected chi connectivity index (χ4v) is 4.91. The van der Waals surface area contributed by atoms with Crippen LogP contribution in [0.5, 0.6) is 0 Å². The lowest BCUT2D eigenvalue weighted by Gasteiger charge is -2.29. The summed E-state index contributed by atoms with van der Waals surface area (Å²) < 4.78 is 18.7. The number of nitrogens with one attached hydrogen (secondary N) is 1. The average Bonchev–Trinajstić information content (AvgIpc) is 3.42. The lowest BCUT2D eigenvalue weighted by molar-refractivity contribution is -0.127. The molecule has 0 aliphatic carbocycles. The molecule has 2 aromatic carbocycles. The summed E-state index contributed by atoms with van der Waals surface area (Å²) in [6.07, 6.45) is 0.923. The highest BCUT2D eigenvalue weighted by molar-refractivity contribution is 5.91. The number of carbonyl (C=O) groups excluding carboxylic acids is 1. The van der Waals surface area contributed by atoms with Gasteiger partial charge >= 0.3 is 6.09 Å². The first-order valence-corrected chi connectivity index (χ1v) is 12.0. The zero-order chi connectivity index (χ0) is 24.3. The van der Waals surface area contributed by atoms with Crippen molar-refractivity contribution >= 4 is 17.0 Å². The van der Waals surface area contributed by atoms with Gasteiger partial charge in [0.1, 0.15) is 5.60 Å². The Bertz CT molecular complexity index is 1120. The molecule has 0 bridgehead atoms. The number of benzene rings is 2. The zero-order valence-corrected chi connectivity index (χ0v) is 20.9. The fourth-order valence-electron chi connectivity index (χ4n) is 4.91. The SMILES string of the molecule is CCOC(OC)c1cc2cc(C3(Cc4ccccc4)CCNC3)ccc2n1C(=O)OC(C)(C)C. The van der Waals surface area contributed by atoms with E-state index in [4.69, 9.17) is 14.2 Å². The molecule has 2 unspecified atom stereocenters. The van der Waals surface area contributed by atoms with Crippen LogP contribution in [0.25, 0.3) is 10.9 Å². The Morgan fingerprint density at radius 2 is 1.91 bits per heavy atom. The summed E-state index contributed by atoms with van der Waals surface area (Å²) in [5.74, 6) is 0. The number of aromatic nitrogens is 1. The van der Waals surface area contributed by atoms with Gasteiger partial charge in [-0.1, -0.05) is 36.4 Å². The summed E-state index contributed by atoms with van der Waals surface area (Å²) in [4.78, 5) is 13.2. The first kappa shape index (κ1) is 24.5. The van der Waals surface area contributed by atoms with E-state index >= 15 is 0 Å². The maximum atomic E-state index is 13.2. The molecule has 1 aliphatic rings. The topological polar surface area (TPSA) is 61.7 Å². The Hall–Kier alpha value is -2.67. The third kappa shape index (κ3) is 5.04. The predicted octanol–water partition coefficient (Wildman–Crippen LogP) is 5.58. The second-order valence-electron chi connectivity index (χ2n) is 10.1. The van der Waals surface area contributed by atoms with Crippen LogP contribution in [-0.2, 0) is 26.0 Å².